The molecule has 0 atom stereocenters. The molecule has 1 amide bonds. The number of carbonyl (C=O) groups is 1. The second-order valence-electron chi connectivity index (χ2n) is 6.76. The molecular formula is C18H23N5OS2. The van der Waals surface area contributed by atoms with Crippen LogP contribution in [0.15, 0.2) is 34.7 Å². The van der Waals surface area contributed by atoms with Gasteiger partial charge in [-0.05, 0) is 37.8 Å². The molecule has 138 valence electrons. The Morgan fingerprint density at radius 1 is 1.15 bits per heavy atom. The van der Waals surface area contributed by atoms with Crippen molar-refractivity contribution in [2.45, 2.75) is 42.1 Å². The van der Waals surface area contributed by atoms with Crippen molar-refractivity contribution in [3.8, 4) is 0 Å². The van der Waals surface area contributed by atoms with Gasteiger partial charge in [-0.2, -0.15) is 0 Å². The van der Waals surface area contributed by atoms with E-state index in [1.807, 2.05) is 30.3 Å². The van der Waals surface area contributed by atoms with Gasteiger partial charge in [0, 0.05) is 30.9 Å². The van der Waals surface area contributed by atoms with E-state index in [2.05, 4.69) is 25.7 Å². The summed E-state index contributed by atoms with van der Waals surface area (Å²) in [7, 11) is 0. The van der Waals surface area contributed by atoms with Gasteiger partial charge in [0.1, 0.15) is 0 Å². The molecule has 1 aromatic heterocycles. The third-order valence-electron chi connectivity index (χ3n) is 4.72. The Kier molecular flexibility index (Phi) is 5.72. The maximum Gasteiger partial charge on any atom is 0.230 e. The van der Waals surface area contributed by atoms with Crippen LogP contribution in [0.4, 0.5) is 10.8 Å². The van der Waals surface area contributed by atoms with E-state index in [1.165, 1.54) is 35.9 Å². The third kappa shape index (κ3) is 4.96. The van der Waals surface area contributed by atoms with Crippen LogP contribution in [0.3, 0.4) is 0 Å². The number of nitrogens with zero attached hydrogens (tertiary/aromatic N) is 3. The van der Waals surface area contributed by atoms with E-state index in [-0.39, 0.29) is 5.91 Å². The summed E-state index contributed by atoms with van der Waals surface area (Å²) < 4.78 is 0.808. The Hall–Kier alpha value is -1.64. The van der Waals surface area contributed by atoms with Crippen LogP contribution in [-0.2, 0) is 4.79 Å². The highest BCUT2D eigenvalue weighted by Crippen LogP contribution is 2.30. The average Bonchev–Trinajstić information content (AvgIpc) is 3.42. The minimum atomic E-state index is 0.0904. The minimum Gasteiger partial charge on any atom is -0.353 e. The first-order valence-electron chi connectivity index (χ1n) is 9.08. The van der Waals surface area contributed by atoms with Gasteiger partial charge >= 0.3 is 0 Å². The number of carbonyl (C=O) groups excluding carboxylic acids is 1. The number of rotatable bonds is 7. The van der Waals surface area contributed by atoms with Crippen molar-refractivity contribution in [3.05, 3.63) is 30.3 Å². The number of thioether (sulfide) groups is 1. The molecule has 26 heavy (non-hydrogen) atoms. The molecule has 0 bridgehead atoms. The Balaban J connectivity index is 1.18. The van der Waals surface area contributed by atoms with Crippen LogP contribution in [0.1, 0.15) is 25.7 Å². The Morgan fingerprint density at radius 3 is 2.65 bits per heavy atom. The normalized spacial score (nSPS) is 18.6. The lowest BCUT2D eigenvalue weighted by Crippen LogP contribution is -2.45. The van der Waals surface area contributed by atoms with E-state index in [0.29, 0.717) is 11.8 Å². The Bertz CT molecular complexity index is 726. The van der Waals surface area contributed by atoms with Gasteiger partial charge in [0.2, 0.25) is 11.0 Å². The molecule has 2 aromatic rings. The van der Waals surface area contributed by atoms with Gasteiger partial charge in [0.25, 0.3) is 0 Å². The van der Waals surface area contributed by atoms with Crippen LogP contribution in [0, 0.1) is 0 Å². The number of benzene rings is 1. The van der Waals surface area contributed by atoms with E-state index in [0.717, 1.165) is 47.1 Å². The zero-order chi connectivity index (χ0) is 17.8. The SMILES string of the molecule is O=C(CSc1nnc(Nc2ccccc2)s1)NC1CCN(C2CC2)CC1. The fourth-order valence-corrected chi connectivity index (χ4v) is 4.79. The lowest BCUT2D eigenvalue weighted by molar-refractivity contribution is -0.119. The Morgan fingerprint density at radius 2 is 1.92 bits per heavy atom. The molecule has 1 saturated heterocycles. The maximum absolute atomic E-state index is 12.2. The number of amides is 1. The molecule has 2 fully saturated rings. The molecule has 1 aromatic carbocycles. The summed E-state index contributed by atoms with van der Waals surface area (Å²) in [5, 5.41) is 15.4. The minimum absolute atomic E-state index is 0.0904. The molecule has 2 aliphatic rings. The number of hydrogen-bond acceptors (Lipinski definition) is 7. The van der Waals surface area contributed by atoms with E-state index in [9.17, 15) is 4.79 Å². The highest BCUT2D eigenvalue weighted by Gasteiger charge is 2.32. The molecule has 6 nitrogen and oxygen atoms in total. The second-order valence-corrected chi connectivity index (χ2v) is 8.96. The summed E-state index contributed by atoms with van der Waals surface area (Å²) in [6.45, 7) is 2.24. The smallest absolute Gasteiger partial charge is 0.230 e. The first-order valence-corrected chi connectivity index (χ1v) is 10.9. The fraction of sp³-hybridized carbons (Fsp3) is 0.500. The number of anilines is 2. The molecule has 1 aliphatic heterocycles. The van der Waals surface area contributed by atoms with Gasteiger partial charge in [-0.3, -0.25) is 4.79 Å². The van der Waals surface area contributed by atoms with Crippen LogP contribution in [0.2, 0.25) is 0 Å². The van der Waals surface area contributed by atoms with Gasteiger partial charge in [0.15, 0.2) is 4.34 Å². The van der Waals surface area contributed by atoms with Crippen molar-refractivity contribution in [2.75, 3.05) is 24.2 Å². The highest BCUT2D eigenvalue weighted by molar-refractivity contribution is 8.01. The predicted octanol–water partition coefficient (Wildman–Crippen LogP) is 3.12. The summed E-state index contributed by atoms with van der Waals surface area (Å²) in [6, 6.07) is 11.0. The lowest BCUT2D eigenvalue weighted by Gasteiger charge is -2.32. The molecule has 2 N–H and O–H groups in total. The van der Waals surface area contributed by atoms with E-state index in [1.54, 1.807) is 0 Å². The van der Waals surface area contributed by atoms with Crippen LogP contribution in [-0.4, -0.2) is 51.9 Å². The van der Waals surface area contributed by atoms with E-state index >= 15 is 0 Å². The summed E-state index contributed by atoms with van der Waals surface area (Å²) in [6.07, 6.45) is 4.85. The number of nitrogens with one attached hydrogen (secondary N) is 2. The lowest BCUT2D eigenvalue weighted by atomic mass is 10.1. The van der Waals surface area contributed by atoms with Crippen LogP contribution < -0.4 is 10.6 Å². The zero-order valence-electron chi connectivity index (χ0n) is 14.6. The fourth-order valence-electron chi connectivity index (χ4n) is 3.21. The first-order chi connectivity index (χ1) is 12.8. The molecule has 1 saturated carbocycles. The van der Waals surface area contributed by atoms with Gasteiger partial charge in [-0.25, -0.2) is 0 Å². The topological polar surface area (TPSA) is 70.1 Å². The summed E-state index contributed by atoms with van der Waals surface area (Å²) in [5.74, 6) is 0.482. The zero-order valence-corrected chi connectivity index (χ0v) is 16.2. The number of piperidine rings is 1. The quantitative estimate of drug-likeness (QED) is 0.709. The van der Waals surface area contributed by atoms with E-state index in [4.69, 9.17) is 0 Å². The van der Waals surface area contributed by atoms with Crippen molar-refractivity contribution in [3.63, 3.8) is 0 Å². The first kappa shape index (κ1) is 17.8. The molecule has 0 unspecified atom stereocenters. The number of hydrogen-bond donors (Lipinski definition) is 2. The van der Waals surface area contributed by atoms with E-state index < -0.39 is 0 Å². The third-order valence-corrected chi connectivity index (χ3v) is 6.69. The maximum atomic E-state index is 12.2. The molecular weight excluding hydrogens is 366 g/mol. The molecule has 0 spiro atoms. The van der Waals surface area contributed by atoms with Crippen molar-refractivity contribution in [2.24, 2.45) is 0 Å². The highest BCUT2D eigenvalue weighted by atomic mass is 32.2. The molecule has 0 radical (unpaired) electrons. The van der Waals surface area contributed by atoms with Crippen LogP contribution in [0.25, 0.3) is 0 Å². The molecule has 1 aliphatic carbocycles. The molecule has 4 rings (SSSR count). The van der Waals surface area contributed by atoms with Gasteiger partial charge in [-0.15, -0.1) is 10.2 Å². The number of likely N-dealkylation sites (tertiary alicyclic amines) is 1. The molecule has 8 heteroatoms. The largest absolute Gasteiger partial charge is 0.353 e. The second kappa shape index (κ2) is 8.37. The van der Waals surface area contributed by atoms with Crippen molar-refractivity contribution < 1.29 is 4.79 Å². The predicted molar refractivity (Wildman–Crippen MR) is 106 cm³/mol. The van der Waals surface area contributed by atoms with Gasteiger partial charge in [-0.1, -0.05) is 41.3 Å². The van der Waals surface area contributed by atoms with Gasteiger partial charge in [0.05, 0.1) is 5.75 Å². The number of para-hydroxylation sites is 1. The van der Waals surface area contributed by atoms with Crippen LogP contribution >= 0.6 is 23.1 Å². The van der Waals surface area contributed by atoms with Crippen LogP contribution in [0.5, 0.6) is 0 Å². The van der Waals surface area contributed by atoms with Crippen molar-refractivity contribution in [1.29, 1.82) is 0 Å². The summed E-state index contributed by atoms with van der Waals surface area (Å²) >= 11 is 2.92. The monoisotopic (exact) mass is 389 g/mol. The standard InChI is InChI=1S/C18H23N5OS2/c24-16(19-14-8-10-23(11-9-14)15-6-7-15)12-25-18-22-21-17(26-18)20-13-4-2-1-3-5-13/h1-5,14-15H,6-12H2,(H,19,24)(H,20,21). The Labute approximate surface area is 161 Å². The molecule has 2 heterocycles. The van der Waals surface area contributed by atoms with Crippen molar-refractivity contribution >= 4 is 39.8 Å². The van der Waals surface area contributed by atoms with Crippen molar-refractivity contribution in [1.82, 2.24) is 20.4 Å². The number of aromatic nitrogens is 2. The summed E-state index contributed by atoms with van der Waals surface area (Å²) in [5.41, 5.74) is 0.982. The average molecular weight is 390 g/mol. The van der Waals surface area contributed by atoms with Gasteiger partial charge < -0.3 is 15.5 Å². The summed E-state index contributed by atoms with van der Waals surface area (Å²) in [4.78, 5) is 14.8.